The number of urea groups is 1. The summed E-state index contributed by atoms with van der Waals surface area (Å²) in [7, 11) is 0. The summed E-state index contributed by atoms with van der Waals surface area (Å²) in [6, 6.07) is 8.77. The summed E-state index contributed by atoms with van der Waals surface area (Å²) in [6.45, 7) is 1.71. The maximum absolute atomic E-state index is 13.2. The molecular formula is C26H16Cl2F3N3O7. The second-order valence-electron chi connectivity index (χ2n) is 8.23. The highest BCUT2D eigenvalue weighted by Crippen LogP contribution is 2.40. The quantitative estimate of drug-likeness (QED) is 0.135. The number of halogens is 5. The lowest BCUT2D eigenvalue weighted by atomic mass is 10.1. The number of carbonyl (C=O) groups is 3. The number of anilines is 1. The molecule has 0 radical (unpaired) electrons. The van der Waals surface area contributed by atoms with Gasteiger partial charge in [0.15, 0.2) is 11.5 Å². The van der Waals surface area contributed by atoms with Gasteiger partial charge in [0.2, 0.25) is 5.75 Å². The van der Waals surface area contributed by atoms with E-state index in [4.69, 9.17) is 32.7 Å². The molecule has 4 amide bonds. The first-order valence-electron chi connectivity index (χ1n) is 11.5. The Labute approximate surface area is 239 Å². The van der Waals surface area contributed by atoms with Gasteiger partial charge in [-0.2, -0.15) is 13.2 Å². The first kappa shape index (κ1) is 29.4. The molecule has 0 spiro atoms. The molecule has 0 aromatic heterocycles. The molecule has 1 saturated heterocycles. The maximum atomic E-state index is 13.2. The van der Waals surface area contributed by atoms with Gasteiger partial charge >= 0.3 is 17.9 Å². The van der Waals surface area contributed by atoms with E-state index in [-0.39, 0.29) is 39.4 Å². The van der Waals surface area contributed by atoms with Gasteiger partial charge in [0.05, 0.1) is 32.8 Å². The third-order valence-electron chi connectivity index (χ3n) is 5.54. The molecule has 15 heteroatoms. The second-order valence-corrected chi connectivity index (χ2v) is 9.05. The Morgan fingerprint density at radius 3 is 2.32 bits per heavy atom. The largest absolute Gasteiger partial charge is 0.490 e. The molecule has 0 unspecified atom stereocenters. The van der Waals surface area contributed by atoms with Gasteiger partial charge in [0.25, 0.3) is 11.8 Å². The van der Waals surface area contributed by atoms with Crippen LogP contribution in [-0.2, 0) is 15.8 Å². The van der Waals surface area contributed by atoms with E-state index >= 15 is 0 Å². The number of nitrogens with zero attached hydrogens (tertiary/aromatic N) is 2. The number of carbonyl (C=O) groups excluding carboxylic acids is 3. The fourth-order valence-corrected chi connectivity index (χ4v) is 3.98. The van der Waals surface area contributed by atoms with Gasteiger partial charge in [0.1, 0.15) is 5.57 Å². The monoisotopic (exact) mass is 609 g/mol. The van der Waals surface area contributed by atoms with Crippen LogP contribution in [0.2, 0.25) is 10.0 Å². The first-order chi connectivity index (χ1) is 19.3. The second kappa shape index (κ2) is 11.5. The molecule has 1 fully saturated rings. The zero-order valence-corrected chi connectivity index (χ0v) is 22.1. The minimum atomic E-state index is -4.81. The minimum Gasteiger partial charge on any atom is -0.490 e. The van der Waals surface area contributed by atoms with Crippen molar-refractivity contribution in [1.29, 1.82) is 0 Å². The van der Waals surface area contributed by atoms with Crippen molar-refractivity contribution in [2.45, 2.75) is 13.1 Å². The number of nitrogens with one attached hydrogen (secondary N) is 1. The van der Waals surface area contributed by atoms with E-state index in [1.165, 1.54) is 42.5 Å². The number of hydrogen-bond donors (Lipinski definition) is 1. The van der Waals surface area contributed by atoms with Crippen molar-refractivity contribution in [1.82, 2.24) is 5.32 Å². The van der Waals surface area contributed by atoms with E-state index in [9.17, 15) is 37.7 Å². The smallest absolute Gasteiger partial charge is 0.416 e. The number of barbiturate groups is 1. The molecule has 4 rings (SSSR count). The Hall–Kier alpha value is -4.62. The summed E-state index contributed by atoms with van der Waals surface area (Å²) >= 11 is 11.9. The van der Waals surface area contributed by atoms with E-state index < -0.39 is 51.5 Å². The van der Waals surface area contributed by atoms with E-state index in [0.29, 0.717) is 17.0 Å². The predicted molar refractivity (Wildman–Crippen MR) is 141 cm³/mol. The number of ether oxygens (including phenoxy) is 2. The molecule has 3 aromatic rings. The number of nitro benzene ring substituents is 1. The SMILES string of the molecule is CCOc1cc(/C=C2\C(=O)NC(=O)N(c3ccc(Cl)c(Cl)c3)C2=O)ccc1Oc1ccc(C(F)(F)F)cc1[N+](=O)[O-]. The topological polar surface area (TPSA) is 128 Å². The first-order valence-corrected chi connectivity index (χ1v) is 12.2. The molecule has 0 bridgehead atoms. The summed E-state index contributed by atoms with van der Waals surface area (Å²) in [4.78, 5) is 49.3. The highest BCUT2D eigenvalue weighted by atomic mass is 35.5. The average Bonchev–Trinajstić information content (AvgIpc) is 2.89. The highest BCUT2D eigenvalue weighted by molar-refractivity contribution is 6.43. The zero-order chi connectivity index (χ0) is 30.1. The van der Waals surface area contributed by atoms with Crippen molar-refractivity contribution in [3.05, 3.63) is 91.5 Å². The van der Waals surface area contributed by atoms with Crippen LogP contribution in [0, 0.1) is 10.1 Å². The number of nitro groups is 1. The Balaban J connectivity index is 1.69. The van der Waals surface area contributed by atoms with Crippen LogP contribution in [-0.4, -0.2) is 29.4 Å². The molecule has 0 atom stereocenters. The third-order valence-corrected chi connectivity index (χ3v) is 6.28. The lowest BCUT2D eigenvalue weighted by Crippen LogP contribution is -2.54. The van der Waals surface area contributed by atoms with Crippen molar-refractivity contribution in [2.75, 3.05) is 11.5 Å². The number of rotatable bonds is 7. The van der Waals surface area contributed by atoms with Crippen LogP contribution in [0.5, 0.6) is 17.2 Å². The van der Waals surface area contributed by atoms with Crippen molar-refractivity contribution < 1.29 is 42.0 Å². The van der Waals surface area contributed by atoms with Gasteiger partial charge in [-0.25, -0.2) is 9.69 Å². The molecule has 1 aliphatic heterocycles. The van der Waals surface area contributed by atoms with Gasteiger partial charge in [-0.05, 0) is 61.0 Å². The van der Waals surface area contributed by atoms with Crippen LogP contribution in [0.25, 0.3) is 6.08 Å². The standard InChI is InChI=1S/C26H16Cl2F3N3O7/c1-2-40-22-10-13(3-7-21(22)41-20-8-4-14(26(29,30)31)11-19(20)34(38)39)9-16-23(35)32-25(37)33(24(16)36)15-5-6-17(27)18(28)12-15/h3-12H,2H2,1H3,(H,32,35,37)/b16-9+. The summed E-state index contributed by atoms with van der Waals surface area (Å²) in [5, 5.41) is 13.7. The normalized spacial score (nSPS) is 14.7. The molecular weight excluding hydrogens is 594 g/mol. The Kier molecular flexibility index (Phi) is 8.22. The molecule has 41 heavy (non-hydrogen) atoms. The van der Waals surface area contributed by atoms with Crippen molar-refractivity contribution >= 4 is 58.5 Å². The fraction of sp³-hybridized carbons (Fsp3) is 0.115. The van der Waals surface area contributed by atoms with Crippen molar-refractivity contribution in [3.8, 4) is 17.2 Å². The van der Waals surface area contributed by atoms with E-state index in [1.54, 1.807) is 6.92 Å². The third kappa shape index (κ3) is 6.26. The number of alkyl halides is 3. The average molecular weight is 610 g/mol. The van der Waals surface area contributed by atoms with Crippen LogP contribution in [0.3, 0.4) is 0 Å². The van der Waals surface area contributed by atoms with Gasteiger partial charge in [0, 0.05) is 6.07 Å². The van der Waals surface area contributed by atoms with Crippen LogP contribution >= 0.6 is 23.2 Å². The number of hydrogen-bond acceptors (Lipinski definition) is 7. The zero-order valence-electron chi connectivity index (χ0n) is 20.6. The van der Waals surface area contributed by atoms with Gasteiger partial charge < -0.3 is 9.47 Å². The molecule has 1 N–H and O–H groups in total. The highest BCUT2D eigenvalue weighted by Gasteiger charge is 2.37. The lowest BCUT2D eigenvalue weighted by Gasteiger charge is -2.26. The molecule has 0 aliphatic carbocycles. The minimum absolute atomic E-state index is 0.00266. The van der Waals surface area contributed by atoms with Gasteiger partial charge in [-0.3, -0.25) is 25.0 Å². The van der Waals surface area contributed by atoms with Gasteiger partial charge in [-0.15, -0.1) is 0 Å². The Morgan fingerprint density at radius 2 is 1.68 bits per heavy atom. The summed E-state index contributed by atoms with van der Waals surface area (Å²) < 4.78 is 50.2. The van der Waals surface area contributed by atoms with Crippen molar-refractivity contribution in [3.63, 3.8) is 0 Å². The van der Waals surface area contributed by atoms with Crippen LogP contribution in [0.15, 0.2) is 60.2 Å². The molecule has 1 heterocycles. The Bertz CT molecular complexity index is 1630. The molecule has 10 nitrogen and oxygen atoms in total. The van der Waals surface area contributed by atoms with E-state index in [2.05, 4.69) is 5.32 Å². The Morgan fingerprint density at radius 1 is 0.976 bits per heavy atom. The van der Waals surface area contributed by atoms with Crippen LogP contribution < -0.4 is 19.7 Å². The number of benzene rings is 3. The number of imide groups is 2. The van der Waals surface area contributed by atoms with Crippen molar-refractivity contribution in [2.24, 2.45) is 0 Å². The fourth-order valence-electron chi connectivity index (χ4n) is 3.69. The number of amides is 4. The van der Waals surface area contributed by atoms with E-state index in [1.807, 2.05) is 0 Å². The molecule has 212 valence electrons. The summed E-state index contributed by atoms with van der Waals surface area (Å²) in [6.07, 6.45) is -3.64. The van der Waals surface area contributed by atoms with Crippen LogP contribution in [0.4, 0.5) is 29.3 Å². The van der Waals surface area contributed by atoms with E-state index in [0.717, 1.165) is 6.07 Å². The predicted octanol–water partition coefficient (Wildman–Crippen LogP) is 6.78. The summed E-state index contributed by atoms with van der Waals surface area (Å²) in [5.41, 5.74) is -2.30. The lowest BCUT2D eigenvalue weighted by molar-refractivity contribution is -0.385. The van der Waals surface area contributed by atoms with Crippen LogP contribution in [0.1, 0.15) is 18.1 Å². The molecule has 0 saturated carbocycles. The molecule has 1 aliphatic rings. The summed E-state index contributed by atoms with van der Waals surface area (Å²) in [5.74, 6) is -2.51. The maximum Gasteiger partial charge on any atom is 0.416 e. The molecule has 3 aromatic carbocycles. The van der Waals surface area contributed by atoms with Gasteiger partial charge in [-0.1, -0.05) is 29.3 Å².